The summed E-state index contributed by atoms with van der Waals surface area (Å²) in [7, 11) is 0. The molecule has 0 bridgehead atoms. The first kappa shape index (κ1) is 22.9. The summed E-state index contributed by atoms with van der Waals surface area (Å²) in [6.45, 7) is 10.2. The molecule has 154 valence electrons. The molecule has 0 amide bonds. The minimum absolute atomic E-state index is 0. The molecule has 0 radical (unpaired) electrons. The van der Waals surface area contributed by atoms with Gasteiger partial charge in [-0.05, 0) is 57.4 Å². The van der Waals surface area contributed by atoms with Crippen LogP contribution in [0.2, 0.25) is 0 Å². The summed E-state index contributed by atoms with van der Waals surface area (Å²) in [5.74, 6) is 1.95. The summed E-state index contributed by atoms with van der Waals surface area (Å²) in [6.07, 6.45) is 5.51. The van der Waals surface area contributed by atoms with Crippen molar-refractivity contribution in [1.82, 2.24) is 15.6 Å². The lowest BCUT2D eigenvalue weighted by Gasteiger charge is -2.18. The van der Waals surface area contributed by atoms with Crippen molar-refractivity contribution in [3.8, 4) is 0 Å². The second-order valence-corrected chi connectivity index (χ2v) is 8.55. The maximum atomic E-state index is 4.74. The van der Waals surface area contributed by atoms with E-state index >= 15 is 0 Å². The molecular weight excluding hydrogens is 481 g/mol. The Morgan fingerprint density at radius 1 is 1.25 bits per heavy atom. The maximum absolute atomic E-state index is 4.74. The minimum Gasteiger partial charge on any atom is -0.357 e. The topological polar surface area (TPSA) is 52.6 Å². The number of aryl methyl sites for hydroxylation is 1. The number of thiophene rings is 1. The van der Waals surface area contributed by atoms with Gasteiger partial charge in [-0.15, -0.1) is 35.3 Å². The average molecular weight is 513 g/mol. The largest absolute Gasteiger partial charge is 0.357 e. The summed E-state index contributed by atoms with van der Waals surface area (Å²) in [4.78, 5) is 14.5. The Hall–Kier alpha value is -1.35. The predicted molar refractivity (Wildman–Crippen MR) is 131 cm³/mol. The van der Waals surface area contributed by atoms with Crippen molar-refractivity contribution in [2.45, 2.75) is 52.6 Å². The fourth-order valence-corrected chi connectivity index (χ4v) is 4.33. The third-order valence-electron chi connectivity index (χ3n) is 4.69. The molecule has 7 heteroatoms. The Morgan fingerprint density at radius 2 is 2.04 bits per heavy atom. The van der Waals surface area contributed by atoms with E-state index in [1.807, 2.05) is 17.5 Å². The molecule has 1 aliphatic heterocycles. The average Bonchev–Trinajstić information content (AvgIpc) is 3.32. The van der Waals surface area contributed by atoms with E-state index in [9.17, 15) is 0 Å². The zero-order valence-electron chi connectivity index (χ0n) is 17.1. The highest BCUT2D eigenvalue weighted by Crippen LogP contribution is 2.18. The molecular formula is C21H32IN5S. The smallest absolute Gasteiger partial charge is 0.191 e. The standard InChI is InChI=1S/C21H31N5S.HI/c1-4-22-21(25-16(2)13-19-9-7-17(3)27-19)24-15-18-8-10-20(23-14-18)26-11-5-6-12-26;/h7-10,14,16H,4-6,11-13,15H2,1-3H3,(H2,22,24,25);1H. The zero-order chi connectivity index (χ0) is 19.1. The van der Waals surface area contributed by atoms with Crippen molar-refractivity contribution in [2.75, 3.05) is 24.5 Å². The number of rotatable bonds is 7. The highest BCUT2D eigenvalue weighted by Gasteiger charge is 2.13. The van der Waals surface area contributed by atoms with E-state index in [4.69, 9.17) is 4.99 Å². The van der Waals surface area contributed by atoms with Gasteiger partial charge in [-0.3, -0.25) is 0 Å². The quantitative estimate of drug-likeness (QED) is 0.328. The molecule has 1 saturated heterocycles. The van der Waals surface area contributed by atoms with E-state index < -0.39 is 0 Å². The van der Waals surface area contributed by atoms with Crippen LogP contribution in [-0.4, -0.2) is 36.6 Å². The molecule has 3 heterocycles. The molecule has 5 nitrogen and oxygen atoms in total. The van der Waals surface area contributed by atoms with Crippen LogP contribution in [0.25, 0.3) is 0 Å². The molecule has 2 aromatic heterocycles. The third kappa shape index (κ3) is 6.92. The van der Waals surface area contributed by atoms with E-state index in [2.05, 4.69) is 65.6 Å². The number of pyridine rings is 1. The van der Waals surface area contributed by atoms with Gasteiger partial charge in [-0.2, -0.15) is 0 Å². The van der Waals surface area contributed by atoms with E-state index in [1.165, 1.54) is 22.6 Å². The number of hydrogen-bond donors (Lipinski definition) is 2. The van der Waals surface area contributed by atoms with Crippen molar-refractivity contribution in [3.05, 3.63) is 45.8 Å². The molecule has 1 atom stereocenters. The van der Waals surface area contributed by atoms with Gasteiger partial charge in [0, 0.05) is 48.0 Å². The first-order valence-electron chi connectivity index (χ1n) is 9.94. The van der Waals surface area contributed by atoms with E-state index in [0.717, 1.165) is 43.4 Å². The van der Waals surface area contributed by atoms with Crippen LogP contribution in [0.1, 0.15) is 42.0 Å². The minimum atomic E-state index is 0. The molecule has 1 unspecified atom stereocenters. The van der Waals surface area contributed by atoms with Crippen molar-refractivity contribution in [3.63, 3.8) is 0 Å². The summed E-state index contributed by atoms with van der Waals surface area (Å²) >= 11 is 1.87. The number of guanidine groups is 1. The van der Waals surface area contributed by atoms with Crippen molar-refractivity contribution in [2.24, 2.45) is 4.99 Å². The van der Waals surface area contributed by atoms with Crippen LogP contribution in [0, 0.1) is 6.92 Å². The van der Waals surface area contributed by atoms with E-state index in [-0.39, 0.29) is 24.0 Å². The van der Waals surface area contributed by atoms with E-state index in [0.29, 0.717) is 12.6 Å². The van der Waals surface area contributed by atoms with Gasteiger partial charge < -0.3 is 15.5 Å². The second kappa shape index (κ2) is 11.6. The van der Waals surface area contributed by atoms with Crippen LogP contribution in [-0.2, 0) is 13.0 Å². The lowest BCUT2D eigenvalue weighted by Crippen LogP contribution is -2.43. The number of aromatic nitrogens is 1. The first-order valence-corrected chi connectivity index (χ1v) is 10.8. The van der Waals surface area contributed by atoms with Gasteiger partial charge in [0.2, 0.25) is 0 Å². The summed E-state index contributed by atoms with van der Waals surface area (Å²) in [5, 5.41) is 6.86. The Kier molecular flexibility index (Phi) is 9.50. The maximum Gasteiger partial charge on any atom is 0.191 e. The van der Waals surface area contributed by atoms with Crippen LogP contribution in [0.3, 0.4) is 0 Å². The van der Waals surface area contributed by atoms with E-state index in [1.54, 1.807) is 0 Å². The van der Waals surface area contributed by atoms with Gasteiger partial charge in [0.25, 0.3) is 0 Å². The molecule has 2 N–H and O–H groups in total. The highest BCUT2D eigenvalue weighted by atomic mass is 127. The summed E-state index contributed by atoms with van der Waals surface area (Å²) < 4.78 is 0. The van der Waals surface area contributed by atoms with Crippen molar-refractivity contribution < 1.29 is 0 Å². The molecule has 0 spiro atoms. The zero-order valence-corrected chi connectivity index (χ0v) is 20.2. The highest BCUT2D eigenvalue weighted by molar-refractivity contribution is 14.0. The van der Waals surface area contributed by atoms with Gasteiger partial charge >= 0.3 is 0 Å². The second-order valence-electron chi connectivity index (χ2n) is 7.18. The lowest BCUT2D eigenvalue weighted by molar-refractivity contribution is 0.645. The van der Waals surface area contributed by atoms with Gasteiger partial charge in [0.15, 0.2) is 5.96 Å². The van der Waals surface area contributed by atoms with Gasteiger partial charge in [-0.25, -0.2) is 9.98 Å². The number of hydrogen-bond acceptors (Lipinski definition) is 4. The third-order valence-corrected chi connectivity index (χ3v) is 5.71. The molecule has 0 aliphatic carbocycles. The van der Waals surface area contributed by atoms with Crippen LogP contribution in [0.4, 0.5) is 5.82 Å². The number of anilines is 1. The Morgan fingerprint density at radius 3 is 2.64 bits per heavy atom. The summed E-state index contributed by atoms with van der Waals surface area (Å²) in [6, 6.07) is 9.00. The number of aliphatic imine (C=N–C) groups is 1. The number of nitrogens with zero attached hydrogens (tertiary/aromatic N) is 3. The summed E-state index contributed by atoms with van der Waals surface area (Å²) in [5.41, 5.74) is 1.14. The molecule has 28 heavy (non-hydrogen) atoms. The van der Waals surface area contributed by atoms with Crippen molar-refractivity contribution in [1.29, 1.82) is 0 Å². The van der Waals surface area contributed by atoms with Gasteiger partial charge in [0.1, 0.15) is 5.82 Å². The Bertz CT molecular complexity index is 738. The first-order chi connectivity index (χ1) is 13.1. The molecule has 1 fully saturated rings. The molecule has 0 aromatic carbocycles. The van der Waals surface area contributed by atoms with Crippen LogP contribution >= 0.6 is 35.3 Å². The molecule has 1 aliphatic rings. The van der Waals surface area contributed by atoms with Crippen molar-refractivity contribution >= 4 is 47.1 Å². The fraction of sp³-hybridized carbons (Fsp3) is 0.524. The number of halogens is 1. The normalized spacial score (nSPS) is 15.2. The van der Waals surface area contributed by atoms with Gasteiger partial charge in [0.05, 0.1) is 6.54 Å². The Labute approximate surface area is 190 Å². The Balaban J connectivity index is 0.00000280. The fourth-order valence-electron chi connectivity index (χ4n) is 3.31. The van der Waals surface area contributed by atoms with Gasteiger partial charge in [-0.1, -0.05) is 6.07 Å². The molecule has 3 rings (SSSR count). The number of nitrogens with one attached hydrogen (secondary N) is 2. The molecule has 2 aromatic rings. The van der Waals surface area contributed by atoms with Crippen LogP contribution in [0.5, 0.6) is 0 Å². The van der Waals surface area contributed by atoms with Crippen LogP contribution < -0.4 is 15.5 Å². The SMILES string of the molecule is CCNC(=NCc1ccc(N2CCCC2)nc1)NC(C)Cc1ccc(C)s1.I. The predicted octanol–water partition coefficient (Wildman–Crippen LogP) is 4.36. The monoisotopic (exact) mass is 513 g/mol. The molecule has 0 saturated carbocycles. The van der Waals surface area contributed by atoms with Crippen LogP contribution in [0.15, 0.2) is 35.5 Å². The lowest BCUT2D eigenvalue weighted by atomic mass is 10.2.